The minimum absolute atomic E-state index is 0.214. The molecule has 1 saturated heterocycles. The summed E-state index contributed by atoms with van der Waals surface area (Å²) in [5, 5.41) is 0. The van der Waals surface area contributed by atoms with Gasteiger partial charge in [0, 0.05) is 24.8 Å². The van der Waals surface area contributed by atoms with Crippen LogP contribution in [0.5, 0.6) is 11.5 Å². The van der Waals surface area contributed by atoms with E-state index >= 15 is 0 Å². The molecular formula is C15H23NO3. The summed E-state index contributed by atoms with van der Waals surface area (Å²) in [6.07, 6.45) is 3.40. The van der Waals surface area contributed by atoms with Crippen molar-refractivity contribution in [3.05, 3.63) is 23.8 Å². The number of hydrogen-bond donors (Lipinski definition) is 1. The van der Waals surface area contributed by atoms with Gasteiger partial charge in [0.25, 0.3) is 0 Å². The molecule has 0 bridgehead atoms. The molecule has 1 aliphatic heterocycles. The number of nitrogens with two attached hydrogens (primary N) is 1. The zero-order valence-corrected chi connectivity index (χ0v) is 11.6. The van der Waals surface area contributed by atoms with Gasteiger partial charge >= 0.3 is 0 Å². The normalized spacial score (nSPS) is 18.5. The maximum absolute atomic E-state index is 5.85. The fraction of sp³-hybridized carbons (Fsp3) is 0.600. The second-order valence-corrected chi connectivity index (χ2v) is 4.77. The quantitative estimate of drug-likeness (QED) is 0.823. The van der Waals surface area contributed by atoms with Crippen LogP contribution in [0.15, 0.2) is 18.2 Å². The summed E-state index contributed by atoms with van der Waals surface area (Å²) in [4.78, 5) is 0. The zero-order valence-electron chi connectivity index (χ0n) is 11.6. The van der Waals surface area contributed by atoms with E-state index in [4.69, 9.17) is 19.9 Å². The van der Waals surface area contributed by atoms with Crippen LogP contribution in [0, 0.1) is 0 Å². The number of hydrogen-bond acceptors (Lipinski definition) is 4. The number of benzene rings is 1. The first-order valence-electron chi connectivity index (χ1n) is 7.03. The van der Waals surface area contributed by atoms with Crippen molar-refractivity contribution in [2.24, 2.45) is 5.73 Å². The van der Waals surface area contributed by atoms with Crippen molar-refractivity contribution in [3.8, 4) is 11.5 Å². The fourth-order valence-corrected chi connectivity index (χ4v) is 2.11. The Bertz CT molecular complexity index is 389. The second kappa shape index (κ2) is 7.36. The van der Waals surface area contributed by atoms with E-state index in [1.165, 1.54) is 0 Å². The number of ether oxygens (including phenoxy) is 3. The highest BCUT2D eigenvalue weighted by atomic mass is 16.5. The first-order valence-corrected chi connectivity index (χ1v) is 7.03. The highest BCUT2D eigenvalue weighted by Crippen LogP contribution is 2.26. The minimum Gasteiger partial charge on any atom is -0.493 e. The van der Waals surface area contributed by atoms with Crippen LogP contribution in [0.1, 0.15) is 31.7 Å². The molecule has 0 spiro atoms. The van der Waals surface area contributed by atoms with E-state index in [0.29, 0.717) is 19.8 Å². The van der Waals surface area contributed by atoms with Crippen LogP contribution < -0.4 is 15.2 Å². The molecule has 19 heavy (non-hydrogen) atoms. The molecule has 1 aromatic rings. The summed E-state index contributed by atoms with van der Waals surface area (Å²) in [6.45, 7) is 4.70. The molecule has 0 saturated carbocycles. The van der Waals surface area contributed by atoms with Crippen molar-refractivity contribution < 1.29 is 14.2 Å². The van der Waals surface area contributed by atoms with Crippen molar-refractivity contribution in [2.45, 2.75) is 38.8 Å². The highest BCUT2D eigenvalue weighted by molar-refractivity contribution is 5.40. The molecule has 1 atom stereocenters. The molecule has 0 amide bonds. The lowest BCUT2D eigenvalue weighted by Gasteiger charge is -2.15. The summed E-state index contributed by atoms with van der Waals surface area (Å²) >= 11 is 0. The average Bonchev–Trinajstić information content (AvgIpc) is 2.96. The SMILES string of the molecule is CCCOc1ccc(CN)c(OCC2CCCO2)c1. The third-order valence-corrected chi connectivity index (χ3v) is 3.18. The van der Waals surface area contributed by atoms with E-state index in [2.05, 4.69) is 6.92 Å². The third-order valence-electron chi connectivity index (χ3n) is 3.18. The van der Waals surface area contributed by atoms with Gasteiger partial charge in [0.1, 0.15) is 18.1 Å². The van der Waals surface area contributed by atoms with Crippen LogP contribution in [-0.4, -0.2) is 25.9 Å². The standard InChI is InChI=1S/C15H23NO3/c1-2-7-17-13-6-5-12(10-16)15(9-13)19-11-14-4-3-8-18-14/h5-6,9,14H,2-4,7-8,10-11,16H2,1H3. The lowest BCUT2D eigenvalue weighted by molar-refractivity contribution is 0.0675. The smallest absolute Gasteiger partial charge is 0.127 e. The lowest BCUT2D eigenvalue weighted by Crippen LogP contribution is -2.17. The molecule has 2 rings (SSSR count). The van der Waals surface area contributed by atoms with Gasteiger partial charge < -0.3 is 19.9 Å². The van der Waals surface area contributed by atoms with E-state index in [1.807, 2.05) is 18.2 Å². The van der Waals surface area contributed by atoms with Gasteiger partial charge in [0.15, 0.2) is 0 Å². The summed E-state index contributed by atoms with van der Waals surface area (Å²) in [7, 11) is 0. The van der Waals surface area contributed by atoms with Gasteiger partial charge in [-0.1, -0.05) is 13.0 Å². The molecule has 1 aromatic carbocycles. The molecule has 0 aromatic heterocycles. The summed E-state index contributed by atoms with van der Waals surface area (Å²) in [5.41, 5.74) is 6.73. The molecule has 4 nitrogen and oxygen atoms in total. The first kappa shape index (κ1) is 14.2. The average molecular weight is 265 g/mol. The Morgan fingerprint density at radius 2 is 2.26 bits per heavy atom. The van der Waals surface area contributed by atoms with Crippen molar-refractivity contribution in [3.63, 3.8) is 0 Å². The lowest BCUT2D eigenvalue weighted by atomic mass is 10.2. The minimum atomic E-state index is 0.214. The first-order chi connectivity index (χ1) is 9.33. The van der Waals surface area contributed by atoms with Gasteiger partial charge in [0.05, 0.1) is 12.7 Å². The molecule has 4 heteroatoms. The zero-order chi connectivity index (χ0) is 13.5. The van der Waals surface area contributed by atoms with Crippen LogP contribution in [0.4, 0.5) is 0 Å². The molecular weight excluding hydrogens is 242 g/mol. The molecule has 106 valence electrons. The van der Waals surface area contributed by atoms with Gasteiger partial charge in [-0.2, -0.15) is 0 Å². The summed E-state index contributed by atoms with van der Waals surface area (Å²) in [5.74, 6) is 1.65. The monoisotopic (exact) mass is 265 g/mol. The number of rotatable bonds is 7. The molecule has 1 aliphatic rings. The Hall–Kier alpha value is -1.26. The third kappa shape index (κ3) is 4.11. The molecule has 0 radical (unpaired) electrons. The largest absolute Gasteiger partial charge is 0.493 e. The molecule has 1 heterocycles. The maximum atomic E-state index is 5.85. The van der Waals surface area contributed by atoms with Crippen molar-refractivity contribution in [1.82, 2.24) is 0 Å². The van der Waals surface area contributed by atoms with Crippen molar-refractivity contribution >= 4 is 0 Å². The van der Waals surface area contributed by atoms with Gasteiger partial charge in [-0.3, -0.25) is 0 Å². The Kier molecular flexibility index (Phi) is 5.48. The van der Waals surface area contributed by atoms with E-state index in [9.17, 15) is 0 Å². The van der Waals surface area contributed by atoms with Crippen LogP contribution >= 0.6 is 0 Å². The van der Waals surface area contributed by atoms with Crippen molar-refractivity contribution in [2.75, 3.05) is 19.8 Å². The summed E-state index contributed by atoms with van der Waals surface area (Å²) in [6, 6.07) is 5.83. The van der Waals surface area contributed by atoms with Crippen LogP contribution in [0.3, 0.4) is 0 Å². The predicted molar refractivity (Wildman–Crippen MR) is 74.6 cm³/mol. The second-order valence-electron chi connectivity index (χ2n) is 4.77. The topological polar surface area (TPSA) is 53.7 Å². The van der Waals surface area contributed by atoms with Gasteiger partial charge in [-0.05, 0) is 25.3 Å². The Labute approximate surface area is 114 Å². The molecule has 2 N–H and O–H groups in total. The van der Waals surface area contributed by atoms with E-state index in [1.54, 1.807) is 0 Å². The van der Waals surface area contributed by atoms with Gasteiger partial charge in [-0.15, -0.1) is 0 Å². The van der Waals surface area contributed by atoms with Gasteiger partial charge in [0.2, 0.25) is 0 Å². The Balaban J connectivity index is 1.98. The van der Waals surface area contributed by atoms with Crippen LogP contribution in [0.2, 0.25) is 0 Å². The van der Waals surface area contributed by atoms with Crippen LogP contribution in [-0.2, 0) is 11.3 Å². The van der Waals surface area contributed by atoms with Crippen LogP contribution in [0.25, 0.3) is 0 Å². The van der Waals surface area contributed by atoms with E-state index in [-0.39, 0.29) is 6.10 Å². The van der Waals surface area contributed by atoms with E-state index in [0.717, 1.165) is 42.9 Å². The summed E-state index contributed by atoms with van der Waals surface area (Å²) < 4.78 is 17.0. The van der Waals surface area contributed by atoms with Gasteiger partial charge in [-0.25, -0.2) is 0 Å². The highest BCUT2D eigenvalue weighted by Gasteiger charge is 2.16. The Morgan fingerprint density at radius 1 is 1.37 bits per heavy atom. The van der Waals surface area contributed by atoms with Crippen molar-refractivity contribution in [1.29, 1.82) is 0 Å². The fourth-order valence-electron chi connectivity index (χ4n) is 2.11. The molecule has 0 aliphatic carbocycles. The van der Waals surface area contributed by atoms with E-state index < -0.39 is 0 Å². The predicted octanol–water partition coefficient (Wildman–Crippen LogP) is 2.49. The maximum Gasteiger partial charge on any atom is 0.127 e. The Morgan fingerprint density at radius 3 is 2.95 bits per heavy atom. The molecule has 1 fully saturated rings. The molecule has 1 unspecified atom stereocenters.